The number of pyridine rings is 1. The second-order valence-corrected chi connectivity index (χ2v) is 6.92. The monoisotopic (exact) mass is 394 g/mol. The van der Waals surface area contributed by atoms with E-state index in [0.29, 0.717) is 17.3 Å². The molecule has 152 valence electrons. The van der Waals surface area contributed by atoms with Gasteiger partial charge >= 0.3 is 0 Å². The van der Waals surface area contributed by atoms with Gasteiger partial charge < -0.3 is 15.3 Å². The van der Waals surface area contributed by atoms with E-state index in [1.165, 1.54) is 0 Å². The van der Waals surface area contributed by atoms with Crippen LogP contribution in [0.15, 0.2) is 59.4 Å². The highest BCUT2D eigenvalue weighted by Crippen LogP contribution is 2.24. The molecule has 6 heteroatoms. The molecule has 1 aromatic heterocycles. The molecule has 6 nitrogen and oxygen atoms in total. The van der Waals surface area contributed by atoms with E-state index in [1.54, 1.807) is 24.3 Å². The maximum absolute atomic E-state index is 12.8. The molecule has 0 fully saturated rings. The summed E-state index contributed by atoms with van der Waals surface area (Å²) < 4.78 is 0.807. The summed E-state index contributed by atoms with van der Waals surface area (Å²) in [6.07, 6.45) is 4.12. The summed E-state index contributed by atoms with van der Waals surface area (Å²) in [4.78, 5) is 31.2. The molecular weight excluding hydrogens is 368 g/mol. The fourth-order valence-corrected chi connectivity index (χ4v) is 3.21. The molecule has 0 saturated carbocycles. The van der Waals surface area contributed by atoms with E-state index >= 15 is 0 Å². The van der Waals surface area contributed by atoms with Gasteiger partial charge in [0.25, 0.3) is 11.5 Å². The third kappa shape index (κ3) is 4.77. The highest BCUT2D eigenvalue weighted by Gasteiger charge is 2.22. The summed E-state index contributed by atoms with van der Waals surface area (Å²) >= 11 is 0. The number of aromatic hydroxyl groups is 1. The highest BCUT2D eigenvalue weighted by atomic mass is 16.7. The molecule has 3 rings (SSSR count). The van der Waals surface area contributed by atoms with E-state index in [0.717, 1.165) is 36.0 Å². The molecule has 0 aliphatic carbocycles. The Morgan fingerprint density at radius 1 is 1.00 bits per heavy atom. The van der Waals surface area contributed by atoms with Gasteiger partial charge in [0.1, 0.15) is 12.2 Å². The van der Waals surface area contributed by atoms with Gasteiger partial charge in [-0.1, -0.05) is 74.7 Å². The Kier molecular flexibility index (Phi) is 6.89. The van der Waals surface area contributed by atoms with Crippen molar-refractivity contribution < 1.29 is 14.7 Å². The first kappa shape index (κ1) is 20.5. The molecule has 0 atom stereocenters. The maximum atomic E-state index is 12.8. The van der Waals surface area contributed by atoms with Crippen molar-refractivity contribution in [1.29, 1.82) is 0 Å². The molecule has 0 radical (unpaired) electrons. The number of carbonyl (C=O) groups excluding carboxylic acids is 1. The molecule has 0 aliphatic rings. The Labute approximate surface area is 169 Å². The Bertz CT molecular complexity index is 1030. The van der Waals surface area contributed by atoms with Crippen LogP contribution in [0.1, 0.15) is 48.5 Å². The fraction of sp³-hybridized carbons (Fsp3) is 0.304. The fourth-order valence-electron chi connectivity index (χ4n) is 3.21. The van der Waals surface area contributed by atoms with E-state index in [4.69, 9.17) is 4.84 Å². The molecule has 1 heterocycles. The Morgan fingerprint density at radius 2 is 1.69 bits per heavy atom. The van der Waals surface area contributed by atoms with Crippen LogP contribution < -0.4 is 15.7 Å². The molecule has 1 amide bonds. The lowest BCUT2D eigenvalue weighted by atomic mass is 10.1. The second kappa shape index (κ2) is 9.78. The second-order valence-electron chi connectivity index (χ2n) is 6.92. The number of hydrogen-bond donors (Lipinski definition) is 2. The van der Waals surface area contributed by atoms with Crippen molar-refractivity contribution in [3.63, 3.8) is 0 Å². The number of aromatic nitrogens is 1. The largest absolute Gasteiger partial charge is 0.492 e. The summed E-state index contributed by atoms with van der Waals surface area (Å²) in [6, 6.07) is 16.0. The van der Waals surface area contributed by atoms with Crippen molar-refractivity contribution in [2.75, 3.05) is 6.54 Å². The standard InChI is InChI=1S/C23H26N2O4/c1-2-3-4-10-15-24-21(26)20-18-13-8-9-14-19(18)22(27)25(23(20)28)29-16-17-11-6-5-7-12-17/h5-9,11-14,28H,2-4,10,15-16H2,1H3,(H,24,26). The number of hydrogen-bond acceptors (Lipinski definition) is 4. The topological polar surface area (TPSA) is 80.6 Å². The van der Waals surface area contributed by atoms with Crippen LogP contribution in [0, 0.1) is 0 Å². The van der Waals surface area contributed by atoms with Gasteiger partial charge in [0, 0.05) is 11.9 Å². The lowest BCUT2D eigenvalue weighted by Crippen LogP contribution is -2.31. The lowest BCUT2D eigenvalue weighted by Gasteiger charge is -2.16. The minimum Gasteiger partial charge on any atom is -0.492 e. The van der Waals surface area contributed by atoms with Crippen LogP contribution in [-0.4, -0.2) is 22.3 Å². The van der Waals surface area contributed by atoms with E-state index in [2.05, 4.69) is 12.2 Å². The molecule has 29 heavy (non-hydrogen) atoms. The predicted molar refractivity (Wildman–Crippen MR) is 113 cm³/mol. The average Bonchev–Trinajstić information content (AvgIpc) is 2.74. The molecule has 0 unspecified atom stereocenters. The average molecular weight is 394 g/mol. The van der Waals surface area contributed by atoms with E-state index in [-0.39, 0.29) is 12.2 Å². The molecule has 0 saturated heterocycles. The van der Waals surface area contributed by atoms with Crippen LogP contribution in [-0.2, 0) is 6.61 Å². The van der Waals surface area contributed by atoms with E-state index in [1.807, 2.05) is 30.3 Å². The van der Waals surface area contributed by atoms with Crippen LogP contribution >= 0.6 is 0 Å². The minimum atomic E-state index is -0.506. The number of amides is 1. The number of fused-ring (bicyclic) bond motifs is 1. The Balaban J connectivity index is 1.91. The van der Waals surface area contributed by atoms with Gasteiger partial charge in [0.15, 0.2) is 0 Å². The summed E-state index contributed by atoms with van der Waals surface area (Å²) in [6.45, 7) is 2.72. The zero-order valence-electron chi connectivity index (χ0n) is 16.6. The quantitative estimate of drug-likeness (QED) is 0.543. The summed E-state index contributed by atoms with van der Waals surface area (Å²) in [5, 5.41) is 14.3. The number of rotatable bonds is 9. The lowest BCUT2D eigenvalue weighted by molar-refractivity contribution is 0.0699. The molecule has 2 N–H and O–H groups in total. The van der Waals surface area contributed by atoms with Gasteiger partial charge in [0.2, 0.25) is 5.88 Å². The van der Waals surface area contributed by atoms with Gasteiger partial charge in [-0.3, -0.25) is 9.59 Å². The first-order chi connectivity index (χ1) is 14.1. The number of unbranched alkanes of at least 4 members (excludes halogenated alkanes) is 3. The van der Waals surface area contributed by atoms with Crippen molar-refractivity contribution in [3.05, 3.63) is 76.1 Å². The molecule has 3 aromatic rings. The van der Waals surface area contributed by atoms with Crippen LogP contribution in [0.4, 0.5) is 0 Å². The van der Waals surface area contributed by atoms with E-state index < -0.39 is 17.3 Å². The SMILES string of the molecule is CCCCCCNC(=O)c1c(O)n(OCc2ccccc2)c(=O)c2ccccc12. The minimum absolute atomic E-state index is 0.0451. The van der Waals surface area contributed by atoms with Crippen LogP contribution in [0.5, 0.6) is 5.88 Å². The maximum Gasteiger partial charge on any atom is 0.294 e. The van der Waals surface area contributed by atoms with Gasteiger partial charge in [0.05, 0.1) is 5.39 Å². The summed E-state index contributed by atoms with van der Waals surface area (Å²) in [5.74, 6) is -0.914. The zero-order valence-corrected chi connectivity index (χ0v) is 16.6. The number of carbonyl (C=O) groups is 1. The van der Waals surface area contributed by atoms with Crippen molar-refractivity contribution >= 4 is 16.7 Å². The number of nitrogens with zero attached hydrogens (tertiary/aromatic N) is 1. The normalized spacial score (nSPS) is 10.8. The Hall–Kier alpha value is -3.28. The molecule has 0 spiro atoms. The van der Waals surface area contributed by atoms with Crippen molar-refractivity contribution in [2.24, 2.45) is 0 Å². The Morgan fingerprint density at radius 3 is 2.41 bits per heavy atom. The van der Waals surface area contributed by atoms with Crippen molar-refractivity contribution in [1.82, 2.24) is 10.0 Å². The van der Waals surface area contributed by atoms with Gasteiger partial charge in [-0.15, -0.1) is 4.73 Å². The van der Waals surface area contributed by atoms with E-state index in [9.17, 15) is 14.7 Å². The van der Waals surface area contributed by atoms with Gasteiger partial charge in [-0.2, -0.15) is 0 Å². The third-order valence-corrected chi connectivity index (χ3v) is 4.77. The first-order valence-electron chi connectivity index (χ1n) is 9.95. The highest BCUT2D eigenvalue weighted by molar-refractivity contribution is 6.08. The van der Waals surface area contributed by atoms with Crippen LogP contribution in [0.25, 0.3) is 10.8 Å². The molecular formula is C23H26N2O4. The smallest absolute Gasteiger partial charge is 0.294 e. The molecule has 0 aliphatic heterocycles. The molecule has 0 bridgehead atoms. The number of nitrogens with one attached hydrogen (secondary N) is 1. The first-order valence-corrected chi connectivity index (χ1v) is 9.95. The predicted octanol–water partition coefficient (Wildman–Crippen LogP) is 3.65. The summed E-state index contributed by atoms with van der Waals surface area (Å²) in [7, 11) is 0. The van der Waals surface area contributed by atoms with Gasteiger partial charge in [-0.25, -0.2) is 0 Å². The van der Waals surface area contributed by atoms with Crippen molar-refractivity contribution in [2.45, 2.75) is 39.2 Å². The van der Waals surface area contributed by atoms with Gasteiger partial charge in [-0.05, 0) is 18.1 Å². The number of benzene rings is 2. The molecule has 2 aromatic carbocycles. The van der Waals surface area contributed by atoms with Crippen LogP contribution in [0.2, 0.25) is 0 Å². The van der Waals surface area contributed by atoms with Crippen molar-refractivity contribution in [3.8, 4) is 5.88 Å². The zero-order chi connectivity index (χ0) is 20.6. The third-order valence-electron chi connectivity index (χ3n) is 4.77. The van der Waals surface area contributed by atoms with Crippen LogP contribution in [0.3, 0.4) is 0 Å². The summed E-state index contributed by atoms with van der Waals surface area (Å²) in [5.41, 5.74) is 0.381.